The van der Waals surface area contributed by atoms with Crippen LogP contribution in [0.25, 0.3) is 0 Å². The Morgan fingerprint density at radius 2 is 1.76 bits per heavy atom. The molecular weight excluding hydrogens is 284 g/mol. The minimum atomic E-state index is -3.25. The van der Waals surface area contributed by atoms with Crippen LogP contribution in [0.1, 0.15) is 25.8 Å². The van der Waals surface area contributed by atoms with Crippen molar-refractivity contribution < 1.29 is 8.42 Å². The fourth-order valence-corrected chi connectivity index (χ4v) is 3.68. The highest BCUT2D eigenvalue weighted by molar-refractivity contribution is 7.89. The predicted molar refractivity (Wildman–Crippen MR) is 88.9 cm³/mol. The number of sulfonamides is 1. The maximum Gasteiger partial charge on any atom is 0.212 e. The number of aryl methyl sites for hydroxylation is 1. The Balaban J connectivity index is 2.58. The molecule has 0 saturated heterocycles. The molecule has 0 unspecified atom stereocenters. The topological polar surface area (TPSA) is 49.4 Å². The molecule has 0 amide bonds. The van der Waals surface area contributed by atoms with E-state index in [9.17, 15) is 8.42 Å². The smallest absolute Gasteiger partial charge is 0.212 e. The molecule has 1 aromatic rings. The standard InChI is InChI=1S/C16H28N2O2S/c1-14(2)12-16(13-18(3)4)17-21(19,20)11-10-15-8-6-5-7-9-15/h5-9,14,16-17H,10-13H2,1-4H3/t16-/m0/s1. The number of hydrogen-bond donors (Lipinski definition) is 1. The molecule has 0 aromatic heterocycles. The summed E-state index contributed by atoms with van der Waals surface area (Å²) in [6.07, 6.45) is 1.40. The first kappa shape index (κ1) is 18.1. The van der Waals surface area contributed by atoms with Crippen LogP contribution in [-0.2, 0) is 16.4 Å². The Morgan fingerprint density at radius 1 is 1.14 bits per heavy atom. The third kappa shape index (κ3) is 8.19. The molecule has 0 fully saturated rings. The molecule has 1 atom stereocenters. The lowest BCUT2D eigenvalue weighted by Gasteiger charge is -2.23. The van der Waals surface area contributed by atoms with Gasteiger partial charge in [-0.2, -0.15) is 0 Å². The quantitative estimate of drug-likeness (QED) is 0.760. The van der Waals surface area contributed by atoms with Crippen molar-refractivity contribution in [3.63, 3.8) is 0 Å². The first-order chi connectivity index (χ1) is 9.78. The minimum Gasteiger partial charge on any atom is -0.308 e. The molecule has 1 rings (SSSR count). The molecule has 0 spiro atoms. The van der Waals surface area contributed by atoms with Crippen molar-refractivity contribution in [2.75, 3.05) is 26.4 Å². The lowest BCUT2D eigenvalue weighted by atomic mass is 10.0. The number of hydrogen-bond acceptors (Lipinski definition) is 3. The zero-order valence-electron chi connectivity index (χ0n) is 13.5. The van der Waals surface area contributed by atoms with Crippen LogP contribution in [-0.4, -0.2) is 45.8 Å². The zero-order valence-corrected chi connectivity index (χ0v) is 14.4. The Kier molecular flexibility index (Phi) is 7.35. The van der Waals surface area contributed by atoms with E-state index < -0.39 is 10.0 Å². The van der Waals surface area contributed by atoms with Crippen molar-refractivity contribution in [1.29, 1.82) is 0 Å². The summed E-state index contributed by atoms with van der Waals surface area (Å²) in [4.78, 5) is 2.02. The summed E-state index contributed by atoms with van der Waals surface area (Å²) in [5.74, 6) is 0.603. The van der Waals surface area contributed by atoms with Crippen LogP contribution in [0.4, 0.5) is 0 Å². The number of nitrogens with one attached hydrogen (secondary N) is 1. The molecule has 21 heavy (non-hydrogen) atoms. The van der Waals surface area contributed by atoms with Crippen LogP contribution in [0.5, 0.6) is 0 Å². The van der Waals surface area contributed by atoms with Gasteiger partial charge in [0.05, 0.1) is 5.75 Å². The highest BCUT2D eigenvalue weighted by atomic mass is 32.2. The summed E-state index contributed by atoms with van der Waals surface area (Å²) in [6.45, 7) is 4.95. The summed E-state index contributed by atoms with van der Waals surface area (Å²) in [5, 5.41) is 0. The second-order valence-corrected chi connectivity index (χ2v) is 8.13. The van der Waals surface area contributed by atoms with Gasteiger partial charge in [0, 0.05) is 12.6 Å². The van der Waals surface area contributed by atoms with Crippen LogP contribution < -0.4 is 4.72 Å². The molecule has 120 valence electrons. The van der Waals surface area contributed by atoms with Crippen molar-refractivity contribution in [2.24, 2.45) is 5.92 Å². The predicted octanol–water partition coefficient (Wildman–Crippen LogP) is 2.12. The highest BCUT2D eigenvalue weighted by Crippen LogP contribution is 2.08. The van der Waals surface area contributed by atoms with Crippen molar-refractivity contribution in [1.82, 2.24) is 9.62 Å². The van der Waals surface area contributed by atoms with Crippen LogP contribution in [0.15, 0.2) is 30.3 Å². The van der Waals surface area contributed by atoms with E-state index in [0.717, 1.165) is 18.5 Å². The fourth-order valence-electron chi connectivity index (χ4n) is 2.38. The van der Waals surface area contributed by atoms with E-state index in [1.807, 2.05) is 49.3 Å². The van der Waals surface area contributed by atoms with Gasteiger partial charge in [0.15, 0.2) is 0 Å². The molecule has 5 heteroatoms. The fraction of sp³-hybridized carbons (Fsp3) is 0.625. The van der Waals surface area contributed by atoms with Gasteiger partial charge < -0.3 is 4.90 Å². The van der Waals surface area contributed by atoms with Crippen LogP contribution in [0.3, 0.4) is 0 Å². The van der Waals surface area contributed by atoms with E-state index >= 15 is 0 Å². The first-order valence-electron chi connectivity index (χ1n) is 7.47. The maximum atomic E-state index is 12.2. The zero-order chi connectivity index (χ0) is 15.9. The van der Waals surface area contributed by atoms with Gasteiger partial charge in [-0.1, -0.05) is 44.2 Å². The van der Waals surface area contributed by atoms with Gasteiger partial charge in [0.1, 0.15) is 0 Å². The van der Waals surface area contributed by atoms with Crippen molar-refractivity contribution in [2.45, 2.75) is 32.7 Å². The Hall–Kier alpha value is -0.910. The molecule has 0 bridgehead atoms. The van der Waals surface area contributed by atoms with E-state index in [4.69, 9.17) is 0 Å². The van der Waals surface area contributed by atoms with Gasteiger partial charge in [-0.05, 0) is 38.4 Å². The number of nitrogens with zero attached hydrogens (tertiary/aromatic N) is 1. The van der Waals surface area contributed by atoms with E-state index in [1.165, 1.54) is 0 Å². The number of benzene rings is 1. The van der Waals surface area contributed by atoms with E-state index in [0.29, 0.717) is 12.3 Å². The van der Waals surface area contributed by atoms with E-state index in [2.05, 4.69) is 18.6 Å². The minimum absolute atomic E-state index is 0.0271. The molecule has 0 aliphatic carbocycles. The average molecular weight is 312 g/mol. The van der Waals surface area contributed by atoms with Crippen LogP contribution in [0, 0.1) is 5.92 Å². The molecule has 0 aliphatic heterocycles. The molecule has 4 nitrogen and oxygen atoms in total. The van der Waals surface area contributed by atoms with Crippen molar-refractivity contribution in [3.8, 4) is 0 Å². The van der Waals surface area contributed by atoms with Gasteiger partial charge in [-0.15, -0.1) is 0 Å². The average Bonchev–Trinajstić information content (AvgIpc) is 2.35. The third-order valence-electron chi connectivity index (χ3n) is 3.19. The monoisotopic (exact) mass is 312 g/mol. The van der Waals surface area contributed by atoms with Gasteiger partial charge in [0.2, 0.25) is 10.0 Å². The molecular formula is C16H28N2O2S. The molecule has 0 heterocycles. The lowest BCUT2D eigenvalue weighted by molar-refractivity contribution is 0.329. The summed E-state index contributed by atoms with van der Waals surface area (Å²) in [6, 6.07) is 9.70. The Labute approximate surface area is 129 Å². The third-order valence-corrected chi connectivity index (χ3v) is 4.62. The van der Waals surface area contributed by atoms with Crippen molar-refractivity contribution in [3.05, 3.63) is 35.9 Å². The highest BCUT2D eigenvalue weighted by Gasteiger charge is 2.19. The van der Waals surface area contributed by atoms with Crippen LogP contribution >= 0.6 is 0 Å². The van der Waals surface area contributed by atoms with Gasteiger partial charge >= 0.3 is 0 Å². The Morgan fingerprint density at radius 3 is 2.29 bits per heavy atom. The largest absolute Gasteiger partial charge is 0.308 e. The molecule has 1 N–H and O–H groups in total. The van der Waals surface area contributed by atoms with Gasteiger partial charge in [-0.3, -0.25) is 0 Å². The number of rotatable bonds is 9. The summed E-state index contributed by atoms with van der Waals surface area (Å²) in [7, 11) is 0.681. The second-order valence-electron chi connectivity index (χ2n) is 6.26. The molecule has 0 aliphatic rings. The summed E-state index contributed by atoms with van der Waals surface area (Å²) in [5.41, 5.74) is 1.05. The summed E-state index contributed by atoms with van der Waals surface area (Å²) < 4.78 is 27.4. The number of likely N-dealkylation sites (N-methyl/N-ethyl adjacent to an activating group) is 1. The molecule has 0 saturated carbocycles. The van der Waals surface area contributed by atoms with Gasteiger partial charge in [0.25, 0.3) is 0 Å². The van der Waals surface area contributed by atoms with E-state index in [-0.39, 0.29) is 11.8 Å². The summed E-state index contributed by atoms with van der Waals surface area (Å²) >= 11 is 0. The molecule has 0 radical (unpaired) electrons. The maximum absolute atomic E-state index is 12.2. The van der Waals surface area contributed by atoms with Crippen LogP contribution in [0.2, 0.25) is 0 Å². The van der Waals surface area contributed by atoms with Crippen molar-refractivity contribution >= 4 is 10.0 Å². The second kappa shape index (κ2) is 8.51. The lowest BCUT2D eigenvalue weighted by Crippen LogP contribution is -2.43. The molecule has 1 aromatic carbocycles. The van der Waals surface area contributed by atoms with E-state index in [1.54, 1.807) is 0 Å². The normalized spacial score (nSPS) is 13.8. The SMILES string of the molecule is CC(C)C[C@@H](CN(C)C)NS(=O)(=O)CCc1ccccc1. The first-order valence-corrected chi connectivity index (χ1v) is 9.12. The van der Waals surface area contributed by atoms with Gasteiger partial charge in [-0.25, -0.2) is 13.1 Å². The Bertz CT molecular complexity index is 488.